The lowest BCUT2D eigenvalue weighted by molar-refractivity contribution is -0.131. The van der Waals surface area contributed by atoms with E-state index in [1.807, 2.05) is 68.4 Å². The van der Waals surface area contributed by atoms with Crippen LogP contribution in [0.25, 0.3) is 0 Å². The molecule has 0 spiro atoms. The number of urea groups is 1. The minimum Gasteiger partial charge on any atom is -0.323 e. The summed E-state index contributed by atoms with van der Waals surface area (Å²) in [5.41, 5.74) is 2.40. The third-order valence-electron chi connectivity index (χ3n) is 4.69. The van der Waals surface area contributed by atoms with E-state index in [2.05, 4.69) is 5.32 Å². The second-order valence-electron chi connectivity index (χ2n) is 6.57. The molecule has 0 bridgehead atoms. The van der Waals surface area contributed by atoms with Crippen LogP contribution in [0.2, 0.25) is 0 Å². The van der Waals surface area contributed by atoms with Gasteiger partial charge in [-0.05, 0) is 43.4 Å². The molecule has 0 radical (unpaired) electrons. The third kappa shape index (κ3) is 3.18. The number of aryl methyl sites for hydroxylation is 2. The van der Waals surface area contributed by atoms with E-state index in [-0.39, 0.29) is 11.9 Å². The van der Waals surface area contributed by atoms with Crippen LogP contribution in [0.3, 0.4) is 0 Å². The molecule has 3 amide bonds. The summed E-state index contributed by atoms with van der Waals surface area (Å²) in [6.07, 6.45) is 1.34. The Morgan fingerprint density at radius 2 is 1.67 bits per heavy atom. The Kier molecular flexibility index (Phi) is 4.38. The second kappa shape index (κ2) is 6.48. The van der Waals surface area contributed by atoms with E-state index in [4.69, 9.17) is 0 Å². The summed E-state index contributed by atoms with van der Waals surface area (Å²) in [5.74, 6) is -0.147. The molecule has 1 aliphatic heterocycles. The smallest absolute Gasteiger partial charge is 0.323 e. The van der Waals surface area contributed by atoms with Crippen LogP contribution in [0.15, 0.2) is 54.6 Å². The number of imide groups is 1. The van der Waals surface area contributed by atoms with Gasteiger partial charge in [0.05, 0.1) is 6.54 Å². The average Bonchev–Trinajstić information content (AvgIpc) is 2.80. The highest BCUT2D eigenvalue weighted by Crippen LogP contribution is 2.25. The Morgan fingerprint density at radius 3 is 2.38 bits per heavy atom. The number of carbonyl (C=O) groups is 2. The van der Waals surface area contributed by atoms with E-state index in [9.17, 15) is 9.59 Å². The zero-order valence-corrected chi connectivity index (χ0v) is 14.1. The minimum absolute atomic E-state index is 0.147. The Balaban J connectivity index is 1.72. The third-order valence-corrected chi connectivity index (χ3v) is 4.69. The number of nitrogens with one attached hydrogen (secondary N) is 1. The van der Waals surface area contributed by atoms with Crippen LogP contribution < -0.4 is 5.32 Å². The van der Waals surface area contributed by atoms with Gasteiger partial charge in [-0.3, -0.25) is 9.69 Å². The average molecular weight is 322 g/mol. The van der Waals surface area contributed by atoms with Crippen molar-refractivity contribution >= 4 is 11.9 Å². The molecule has 0 saturated carbocycles. The van der Waals surface area contributed by atoms with Gasteiger partial charge in [-0.25, -0.2) is 4.79 Å². The van der Waals surface area contributed by atoms with Crippen LogP contribution in [0.4, 0.5) is 4.79 Å². The van der Waals surface area contributed by atoms with Crippen molar-refractivity contribution in [3.8, 4) is 0 Å². The fourth-order valence-corrected chi connectivity index (χ4v) is 3.06. The fourth-order valence-electron chi connectivity index (χ4n) is 3.06. The molecule has 1 N–H and O–H groups in total. The molecule has 0 aliphatic carbocycles. The van der Waals surface area contributed by atoms with Crippen molar-refractivity contribution in [2.45, 2.75) is 38.8 Å². The maximum Gasteiger partial charge on any atom is 0.325 e. The van der Waals surface area contributed by atoms with E-state index >= 15 is 0 Å². The molecule has 1 heterocycles. The Morgan fingerprint density at radius 1 is 1.00 bits per heavy atom. The van der Waals surface area contributed by atoms with Gasteiger partial charge in [0.15, 0.2) is 0 Å². The molecule has 0 unspecified atom stereocenters. The van der Waals surface area contributed by atoms with Gasteiger partial charge in [0.2, 0.25) is 0 Å². The van der Waals surface area contributed by atoms with Crippen molar-refractivity contribution in [1.29, 1.82) is 0 Å². The molecule has 1 atom stereocenters. The van der Waals surface area contributed by atoms with Gasteiger partial charge in [0.25, 0.3) is 5.91 Å². The van der Waals surface area contributed by atoms with Gasteiger partial charge in [-0.2, -0.15) is 0 Å². The summed E-state index contributed by atoms with van der Waals surface area (Å²) >= 11 is 0. The first-order chi connectivity index (χ1) is 11.5. The van der Waals surface area contributed by atoms with Gasteiger partial charge in [-0.15, -0.1) is 0 Å². The van der Waals surface area contributed by atoms with Crippen LogP contribution >= 0.6 is 0 Å². The molecule has 1 aliphatic rings. The first-order valence-corrected chi connectivity index (χ1v) is 8.22. The molecule has 1 fully saturated rings. The van der Waals surface area contributed by atoms with Crippen molar-refractivity contribution < 1.29 is 9.59 Å². The topological polar surface area (TPSA) is 49.4 Å². The van der Waals surface area contributed by atoms with Gasteiger partial charge in [-0.1, -0.05) is 54.6 Å². The first kappa shape index (κ1) is 16.2. The van der Waals surface area contributed by atoms with Gasteiger partial charge in [0, 0.05) is 0 Å². The summed E-state index contributed by atoms with van der Waals surface area (Å²) in [6.45, 7) is 4.12. The zero-order valence-electron chi connectivity index (χ0n) is 14.1. The standard InChI is InChI=1S/C20H22N2O2/c1-15-8-6-7-11-17(15)14-22-18(23)20(2,21-19(22)24)13-12-16-9-4-3-5-10-16/h3-11H,12-14H2,1-2H3,(H,21,24)/t20-/m1/s1. The van der Waals surface area contributed by atoms with Gasteiger partial charge >= 0.3 is 6.03 Å². The highest BCUT2D eigenvalue weighted by Gasteiger charge is 2.47. The molecule has 2 aromatic rings. The van der Waals surface area contributed by atoms with Crippen LogP contribution in [-0.2, 0) is 17.8 Å². The molecular formula is C20H22N2O2. The SMILES string of the molecule is Cc1ccccc1CN1C(=O)N[C@](C)(CCc2ccccc2)C1=O. The molecule has 1 saturated heterocycles. The fraction of sp³-hybridized carbons (Fsp3) is 0.300. The molecule has 4 nitrogen and oxygen atoms in total. The van der Waals surface area contributed by atoms with Crippen molar-refractivity contribution in [1.82, 2.24) is 10.2 Å². The number of nitrogens with zero attached hydrogens (tertiary/aromatic N) is 1. The number of carbonyl (C=O) groups excluding carboxylic acids is 2. The largest absolute Gasteiger partial charge is 0.325 e. The Hall–Kier alpha value is -2.62. The summed E-state index contributed by atoms with van der Waals surface area (Å²) in [7, 11) is 0. The van der Waals surface area contributed by atoms with E-state index in [0.29, 0.717) is 13.0 Å². The van der Waals surface area contributed by atoms with Crippen molar-refractivity contribution in [3.05, 3.63) is 71.3 Å². The van der Waals surface area contributed by atoms with Gasteiger partial charge < -0.3 is 5.32 Å². The molecule has 124 valence electrons. The maximum absolute atomic E-state index is 12.8. The van der Waals surface area contributed by atoms with E-state index in [1.165, 1.54) is 4.90 Å². The molecule has 4 heteroatoms. The molecule has 24 heavy (non-hydrogen) atoms. The predicted molar refractivity (Wildman–Crippen MR) is 93.4 cm³/mol. The molecular weight excluding hydrogens is 300 g/mol. The summed E-state index contributed by atoms with van der Waals surface area (Å²) < 4.78 is 0. The number of hydrogen-bond donors (Lipinski definition) is 1. The van der Waals surface area contributed by atoms with E-state index in [0.717, 1.165) is 23.1 Å². The molecule has 2 aromatic carbocycles. The lowest BCUT2D eigenvalue weighted by Gasteiger charge is -2.22. The quantitative estimate of drug-likeness (QED) is 0.857. The van der Waals surface area contributed by atoms with E-state index < -0.39 is 5.54 Å². The molecule has 3 rings (SSSR count). The summed E-state index contributed by atoms with van der Waals surface area (Å²) in [5, 5.41) is 2.88. The maximum atomic E-state index is 12.8. The van der Waals surface area contributed by atoms with Crippen molar-refractivity contribution in [2.75, 3.05) is 0 Å². The lowest BCUT2D eigenvalue weighted by Crippen LogP contribution is -2.44. The zero-order chi connectivity index (χ0) is 17.2. The second-order valence-corrected chi connectivity index (χ2v) is 6.57. The normalized spacial score (nSPS) is 20.3. The van der Waals surface area contributed by atoms with Crippen molar-refractivity contribution in [3.63, 3.8) is 0 Å². The number of amides is 3. The number of hydrogen-bond acceptors (Lipinski definition) is 2. The Labute approximate surface area is 142 Å². The Bertz CT molecular complexity index is 757. The van der Waals surface area contributed by atoms with Gasteiger partial charge in [0.1, 0.15) is 5.54 Å². The number of benzene rings is 2. The van der Waals surface area contributed by atoms with Crippen LogP contribution in [0.1, 0.15) is 30.0 Å². The monoisotopic (exact) mass is 322 g/mol. The summed E-state index contributed by atoms with van der Waals surface area (Å²) in [4.78, 5) is 26.5. The van der Waals surface area contributed by atoms with Crippen LogP contribution in [0, 0.1) is 6.92 Å². The van der Waals surface area contributed by atoms with Crippen LogP contribution in [0.5, 0.6) is 0 Å². The number of rotatable bonds is 5. The van der Waals surface area contributed by atoms with E-state index in [1.54, 1.807) is 0 Å². The highest BCUT2D eigenvalue weighted by atomic mass is 16.2. The minimum atomic E-state index is -0.838. The summed E-state index contributed by atoms with van der Waals surface area (Å²) in [6, 6.07) is 17.5. The van der Waals surface area contributed by atoms with Crippen molar-refractivity contribution in [2.24, 2.45) is 0 Å². The highest BCUT2D eigenvalue weighted by molar-refractivity contribution is 6.06. The lowest BCUT2D eigenvalue weighted by atomic mass is 9.93. The van der Waals surface area contributed by atoms with Crippen LogP contribution in [-0.4, -0.2) is 22.4 Å². The first-order valence-electron chi connectivity index (χ1n) is 8.22. The molecule has 0 aromatic heterocycles. The predicted octanol–water partition coefficient (Wildman–Crippen LogP) is 3.44.